The van der Waals surface area contributed by atoms with Crippen molar-refractivity contribution in [2.45, 2.75) is 25.9 Å². The number of ether oxygens (including phenoxy) is 1. The van der Waals surface area contributed by atoms with E-state index in [1.807, 2.05) is 54.6 Å². The highest BCUT2D eigenvalue weighted by Gasteiger charge is 2.33. The van der Waals surface area contributed by atoms with Crippen LogP contribution < -0.4 is 10.1 Å². The van der Waals surface area contributed by atoms with Crippen LogP contribution >= 0.6 is 0 Å². The molecule has 5 heteroatoms. The number of nitrogens with one attached hydrogen (secondary N) is 1. The van der Waals surface area contributed by atoms with Gasteiger partial charge in [0.1, 0.15) is 12.4 Å². The smallest absolute Gasteiger partial charge is 0.306 e. The molecule has 1 amide bonds. The number of para-hydroxylation sites is 1. The van der Waals surface area contributed by atoms with Crippen LogP contribution in [0.2, 0.25) is 0 Å². The summed E-state index contributed by atoms with van der Waals surface area (Å²) in [5.74, 6) is -0.709. The number of aliphatic carboxylic acids is 1. The minimum atomic E-state index is -0.807. The normalized spacial score (nSPS) is 19.4. The zero-order valence-corrected chi connectivity index (χ0v) is 13.9. The Labute approximate surface area is 146 Å². The third-order valence-corrected chi connectivity index (χ3v) is 4.52. The summed E-state index contributed by atoms with van der Waals surface area (Å²) >= 11 is 0. The Morgan fingerprint density at radius 2 is 1.68 bits per heavy atom. The minimum absolute atomic E-state index is 0.1000. The molecule has 0 unspecified atom stereocenters. The third kappa shape index (κ3) is 4.59. The summed E-state index contributed by atoms with van der Waals surface area (Å²) in [6.07, 6.45) is 1.62. The number of carbonyl (C=O) groups excluding carboxylic acids is 1. The summed E-state index contributed by atoms with van der Waals surface area (Å²) in [5.41, 5.74) is 1.72. The predicted molar refractivity (Wildman–Crippen MR) is 94.3 cm³/mol. The average Bonchev–Trinajstić information content (AvgIpc) is 3.13. The lowest BCUT2D eigenvalue weighted by Crippen LogP contribution is -2.21. The van der Waals surface area contributed by atoms with Crippen molar-refractivity contribution in [3.8, 4) is 5.75 Å². The fraction of sp³-hybridized carbons (Fsp3) is 0.300. The Kier molecular flexibility index (Phi) is 5.33. The first kappa shape index (κ1) is 17.0. The van der Waals surface area contributed by atoms with Gasteiger partial charge in [-0.3, -0.25) is 9.59 Å². The van der Waals surface area contributed by atoms with Gasteiger partial charge < -0.3 is 15.2 Å². The topological polar surface area (TPSA) is 75.6 Å². The molecule has 1 fully saturated rings. The Hall–Kier alpha value is -2.82. The molecule has 0 saturated heterocycles. The van der Waals surface area contributed by atoms with Crippen LogP contribution in [0.4, 0.5) is 5.69 Å². The van der Waals surface area contributed by atoms with Crippen LogP contribution in [0, 0.1) is 11.8 Å². The molecule has 2 atom stereocenters. The largest absolute Gasteiger partial charge is 0.489 e. The molecule has 25 heavy (non-hydrogen) atoms. The predicted octanol–water partition coefficient (Wildman–Crippen LogP) is 3.71. The molecule has 5 nitrogen and oxygen atoms in total. The average molecular weight is 339 g/mol. The van der Waals surface area contributed by atoms with Gasteiger partial charge >= 0.3 is 5.97 Å². The molecule has 2 N–H and O–H groups in total. The maximum atomic E-state index is 12.2. The van der Waals surface area contributed by atoms with Crippen molar-refractivity contribution in [2.24, 2.45) is 11.8 Å². The molecular weight excluding hydrogens is 318 g/mol. The highest BCUT2D eigenvalue weighted by Crippen LogP contribution is 2.31. The molecule has 1 aliphatic carbocycles. The number of benzene rings is 2. The number of rotatable bonds is 6. The Balaban J connectivity index is 1.50. The summed E-state index contributed by atoms with van der Waals surface area (Å²) in [7, 11) is 0. The molecule has 0 aromatic heterocycles. The van der Waals surface area contributed by atoms with Crippen molar-refractivity contribution in [2.75, 3.05) is 5.32 Å². The lowest BCUT2D eigenvalue weighted by atomic mass is 10.0. The van der Waals surface area contributed by atoms with Crippen LogP contribution in [0.1, 0.15) is 24.8 Å². The molecule has 2 aromatic carbocycles. The van der Waals surface area contributed by atoms with E-state index in [4.69, 9.17) is 9.84 Å². The third-order valence-electron chi connectivity index (χ3n) is 4.52. The standard InChI is InChI=1S/C20H21NO4/c22-19(15-8-9-16(12-15)20(23)24)21-17-10-6-14(7-11-17)13-25-18-4-2-1-3-5-18/h1-7,10-11,15-16H,8-9,12-13H2,(H,21,22)(H,23,24)/t15-,16+/m0/s1. The van der Waals surface area contributed by atoms with Gasteiger partial charge in [0, 0.05) is 11.6 Å². The Bertz CT molecular complexity index is 727. The van der Waals surface area contributed by atoms with Gasteiger partial charge in [0.05, 0.1) is 5.92 Å². The zero-order chi connectivity index (χ0) is 17.6. The van der Waals surface area contributed by atoms with E-state index in [1.165, 1.54) is 0 Å². The summed E-state index contributed by atoms with van der Waals surface area (Å²) in [6, 6.07) is 17.1. The summed E-state index contributed by atoms with van der Waals surface area (Å²) in [4.78, 5) is 23.2. The first-order valence-corrected chi connectivity index (χ1v) is 8.42. The molecular formula is C20H21NO4. The second kappa shape index (κ2) is 7.83. The monoisotopic (exact) mass is 339 g/mol. The fourth-order valence-corrected chi connectivity index (χ4v) is 3.06. The SMILES string of the molecule is O=C(O)[C@@H]1CC[C@H](C(=O)Nc2ccc(COc3ccccc3)cc2)C1. The first-order valence-electron chi connectivity index (χ1n) is 8.42. The van der Waals surface area contributed by atoms with E-state index in [-0.39, 0.29) is 11.8 Å². The van der Waals surface area contributed by atoms with Gasteiger partial charge in [-0.2, -0.15) is 0 Å². The number of carbonyl (C=O) groups is 2. The molecule has 0 bridgehead atoms. The van der Waals surface area contributed by atoms with Crippen molar-refractivity contribution in [3.63, 3.8) is 0 Å². The first-order chi connectivity index (χ1) is 12.1. The van der Waals surface area contributed by atoms with Gasteiger partial charge in [-0.05, 0) is 49.1 Å². The second-order valence-electron chi connectivity index (χ2n) is 6.33. The van der Waals surface area contributed by atoms with E-state index in [0.717, 1.165) is 11.3 Å². The van der Waals surface area contributed by atoms with E-state index in [0.29, 0.717) is 31.6 Å². The second-order valence-corrected chi connectivity index (χ2v) is 6.33. The van der Waals surface area contributed by atoms with E-state index < -0.39 is 11.9 Å². The molecule has 1 saturated carbocycles. The van der Waals surface area contributed by atoms with Gasteiger partial charge in [0.25, 0.3) is 0 Å². The Morgan fingerprint density at radius 1 is 1.00 bits per heavy atom. The molecule has 2 aromatic rings. The lowest BCUT2D eigenvalue weighted by molar-refractivity contribution is -0.141. The van der Waals surface area contributed by atoms with Crippen LogP contribution in [0.15, 0.2) is 54.6 Å². The summed E-state index contributed by atoms with van der Waals surface area (Å²) in [5, 5.41) is 11.9. The number of carboxylic acids is 1. The van der Waals surface area contributed by atoms with Gasteiger partial charge in [-0.15, -0.1) is 0 Å². The van der Waals surface area contributed by atoms with Crippen molar-refractivity contribution in [3.05, 3.63) is 60.2 Å². The summed E-state index contributed by atoms with van der Waals surface area (Å²) < 4.78 is 5.69. The van der Waals surface area contributed by atoms with Crippen LogP contribution in [0.5, 0.6) is 5.75 Å². The van der Waals surface area contributed by atoms with Crippen molar-refractivity contribution >= 4 is 17.6 Å². The van der Waals surface area contributed by atoms with E-state index in [1.54, 1.807) is 0 Å². The van der Waals surface area contributed by atoms with Crippen LogP contribution in [-0.2, 0) is 16.2 Å². The summed E-state index contributed by atoms with van der Waals surface area (Å²) in [6.45, 7) is 0.459. The number of amides is 1. The minimum Gasteiger partial charge on any atom is -0.489 e. The van der Waals surface area contributed by atoms with Gasteiger partial charge in [0.2, 0.25) is 5.91 Å². The van der Waals surface area contributed by atoms with Crippen LogP contribution in [0.25, 0.3) is 0 Å². The molecule has 0 radical (unpaired) electrons. The maximum Gasteiger partial charge on any atom is 0.306 e. The highest BCUT2D eigenvalue weighted by atomic mass is 16.5. The van der Waals surface area contributed by atoms with E-state index in [2.05, 4.69) is 5.32 Å². The molecule has 0 aliphatic heterocycles. The van der Waals surface area contributed by atoms with Crippen molar-refractivity contribution < 1.29 is 19.4 Å². The molecule has 1 aliphatic rings. The van der Waals surface area contributed by atoms with Crippen LogP contribution in [0.3, 0.4) is 0 Å². The van der Waals surface area contributed by atoms with Crippen molar-refractivity contribution in [1.82, 2.24) is 0 Å². The fourth-order valence-electron chi connectivity index (χ4n) is 3.06. The molecule has 130 valence electrons. The quantitative estimate of drug-likeness (QED) is 0.841. The molecule has 0 spiro atoms. The van der Waals surface area contributed by atoms with Gasteiger partial charge in [0.15, 0.2) is 0 Å². The number of hydrogen-bond acceptors (Lipinski definition) is 3. The number of anilines is 1. The molecule has 0 heterocycles. The van der Waals surface area contributed by atoms with Gasteiger partial charge in [-0.25, -0.2) is 0 Å². The number of carboxylic acid groups (broad SMARTS) is 1. The number of hydrogen-bond donors (Lipinski definition) is 2. The van der Waals surface area contributed by atoms with Crippen LogP contribution in [-0.4, -0.2) is 17.0 Å². The Morgan fingerprint density at radius 3 is 2.32 bits per heavy atom. The highest BCUT2D eigenvalue weighted by molar-refractivity contribution is 5.93. The molecule has 3 rings (SSSR count). The maximum absolute atomic E-state index is 12.2. The van der Waals surface area contributed by atoms with E-state index >= 15 is 0 Å². The zero-order valence-electron chi connectivity index (χ0n) is 13.9. The lowest BCUT2D eigenvalue weighted by Gasteiger charge is -2.11. The van der Waals surface area contributed by atoms with Crippen molar-refractivity contribution in [1.29, 1.82) is 0 Å². The van der Waals surface area contributed by atoms with Gasteiger partial charge in [-0.1, -0.05) is 30.3 Å². The van der Waals surface area contributed by atoms with E-state index in [9.17, 15) is 9.59 Å².